The molecule has 0 unspecified atom stereocenters. The molecule has 40 heavy (non-hydrogen) atoms. The lowest BCUT2D eigenvalue weighted by Crippen LogP contribution is -2.59. The minimum Gasteiger partial charge on any atom is -0.465 e. The van der Waals surface area contributed by atoms with E-state index in [0.717, 1.165) is 12.8 Å². The van der Waals surface area contributed by atoms with Crippen LogP contribution in [0.2, 0.25) is 0 Å². The maximum Gasteiger partial charge on any atom is 0.407 e. The predicted molar refractivity (Wildman–Crippen MR) is 150 cm³/mol. The Balaban J connectivity index is 1.75. The summed E-state index contributed by atoms with van der Waals surface area (Å²) in [6.45, 7) is 7.31. The number of nitrogens with one attached hydrogen (secondary N) is 2. The summed E-state index contributed by atoms with van der Waals surface area (Å²) in [6, 6.07) is 6.55. The number of carbonyl (C=O) groups is 4. The van der Waals surface area contributed by atoms with Crippen molar-refractivity contribution in [2.45, 2.75) is 39.2 Å². The molecule has 1 aromatic carbocycles. The SMILES string of the molecule is COCCCCNc1ccccc1NC(=O)C(=O)N(CC(C)C)[C@H]1C[C@@H](C(=O)N2CCOCC2)CN(C(=O)O)C1. The molecule has 0 bridgehead atoms. The van der Waals surface area contributed by atoms with E-state index in [4.69, 9.17) is 9.47 Å². The van der Waals surface area contributed by atoms with E-state index in [0.29, 0.717) is 50.8 Å². The van der Waals surface area contributed by atoms with Crippen LogP contribution in [-0.4, -0.2) is 116 Å². The van der Waals surface area contributed by atoms with Crippen LogP contribution < -0.4 is 10.6 Å². The van der Waals surface area contributed by atoms with Gasteiger partial charge in [0.2, 0.25) is 5.91 Å². The second-order valence-corrected chi connectivity index (χ2v) is 10.7. The predicted octanol–water partition coefficient (Wildman–Crippen LogP) is 2.18. The molecule has 2 heterocycles. The second kappa shape index (κ2) is 15.4. The zero-order valence-electron chi connectivity index (χ0n) is 23.8. The number of piperidine rings is 1. The summed E-state index contributed by atoms with van der Waals surface area (Å²) in [5.74, 6) is -2.30. The molecule has 2 atom stereocenters. The van der Waals surface area contributed by atoms with Gasteiger partial charge in [0.05, 0.1) is 36.5 Å². The number of benzene rings is 1. The number of hydrogen-bond acceptors (Lipinski definition) is 7. The van der Waals surface area contributed by atoms with Crippen LogP contribution in [0.4, 0.5) is 16.2 Å². The van der Waals surface area contributed by atoms with Gasteiger partial charge in [0.15, 0.2) is 0 Å². The third-order valence-corrected chi connectivity index (χ3v) is 7.09. The summed E-state index contributed by atoms with van der Waals surface area (Å²) in [6.07, 6.45) is 0.899. The van der Waals surface area contributed by atoms with Gasteiger partial charge in [-0.1, -0.05) is 26.0 Å². The summed E-state index contributed by atoms with van der Waals surface area (Å²) in [4.78, 5) is 56.4. The van der Waals surface area contributed by atoms with Crippen LogP contribution >= 0.6 is 0 Å². The number of morpholine rings is 1. The van der Waals surface area contributed by atoms with Crippen molar-refractivity contribution in [3.63, 3.8) is 0 Å². The Morgan fingerprint density at radius 3 is 2.42 bits per heavy atom. The number of para-hydroxylation sites is 2. The van der Waals surface area contributed by atoms with Gasteiger partial charge in [-0.2, -0.15) is 0 Å². The first-order valence-corrected chi connectivity index (χ1v) is 14.0. The Hall–Kier alpha value is -3.38. The van der Waals surface area contributed by atoms with Gasteiger partial charge in [0.1, 0.15) is 0 Å². The summed E-state index contributed by atoms with van der Waals surface area (Å²) < 4.78 is 10.4. The highest BCUT2D eigenvalue weighted by Gasteiger charge is 2.41. The van der Waals surface area contributed by atoms with E-state index in [1.165, 1.54) is 9.80 Å². The highest BCUT2D eigenvalue weighted by molar-refractivity contribution is 6.40. The normalized spacial score (nSPS) is 19.3. The van der Waals surface area contributed by atoms with Crippen molar-refractivity contribution in [2.24, 2.45) is 11.8 Å². The molecule has 222 valence electrons. The number of likely N-dealkylation sites (tertiary alicyclic amines) is 1. The molecule has 4 amide bonds. The molecule has 0 radical (unpaired) electrons. The Morgan fingerprint density at radius 2 is 1.77 bits per heavy atom. The van der Waals surface area contributed by atoms with Crippen molar-refractivity contribution < 1.29 is 33.8 Å². The standard InChI is InChI=1S/C28H43N5O7/c1-20(2)17-33(22-16-21(18-32(19-22)28(37)38)26(35)31-11-14-40-15-12-31)27(36)25(34)30-24-9-5-4-8-23(24)29-10-6-7-13-39-3/h4-5,8-9,20-22,29H,6-7,10-19H2,1-3H3,(H,30,34)(H,37,38)/t21-,22+/m1/s1. The van der Waals surface area contributed by atoms with Gasteiger partial charge in [0.25, 0.3) is 0 Å². The minimum absolute atomic E-state index is 0.0198. The lowest BCUT2D eigenvalue weighted by molar-refractivity contribution is -0.148. The van der Waals surface area contributed by atoms with Gasteiger partial charge in [-0.15, -0.1) is 0 Å². The van der Waals surface area contributed by atoms with Gasteiger partial charge in [-0.05, 0) is 37.3 Å². The maximum absolute atomic E-state index is 13.6. The van der Waals surface area contributed by atoms with Gasteiger partial charge in [0, 0.05) is 53.0 Å². The molecule has 2 saturated heterocycles. The molecule has 3 rings (SSSR count). The molecule has 2 aliphatic rings. The fraction of sp³-hybridized carbons (Fsp3) is 0.643. The highest BCUT2D eigenvalue weighted by atomic mass is 16.5. The first-order valence-electron chi connectivity index (χ1n) is 14.0. The molecule has 2 aliphatic heterocycles. The molecule has 0 spiro atoms. The minimum atomic E-state index is -1.16. The van der Waals surface area contributed by atoms with Crippen LogP contribution in [-0.2, 0) is 23.9 Å². The molecule has 12 nitrogen and oxygen atoms in total. The van der Waals surface area contributed by atoms with Crippen LogP contribution in [0.15, 0.2) is 24.3 Å². The molecular formula is C28H43N5O7. The quantitative estimate of drug-likeness (QED) is 0.276. The van der Waals surface area contributed by atoms with Gasteiger partial charge >= 0.3 is 17.9 Å². The first-order chi connectivity index (χ1) is 19.2. The lowest BCUT2D eigenvalue weighted by Gasteiger charge is -2.43. The topological polar surface area (TPSA) is 141 Å². The van der Waals surface area contributed by atoms with E-state index >= 15 is 0 Å². The van der Waals surface area contributed by atoms with Crippen molar-refractivity contribution in [3.05, 3.63) is 24.3 Å². The average Bonchev–Trinajstić information content (AvgIpc) is 2.95. The molecule has 2 fully saturated rings. The maximum atomic E-state index is 13.6. The number of rotatable bonds is 11. The fourth-order valence-corrected chi connectivity index (χ4v) is 5.11. The average molecular weight is 562 g/mol. The van der Waals surface area contributed by atoms with E-state index in [2.05, 4.69) is 10.6 Å². The monoisotopic (exact) mass is 561 g/mol. The zero-order chi connectivity index (χ0) is 29.1. The third kappa shape index (κ3) is 8.82. The van der Waals surface area contributed by atoms with Crippen LogP contribution in [0, 0.1) is 11.8 Å². The van der Waals surface area contributed by atoms with E-state index in [1.807, 2.05) is 26.0 Å². The van der Waals surface area contributed by atoms with Gasteiger partial charge in [-0.3, -0.25) is 14.4 Å². The number of nitrogens with zero attached hydrogens (tertiary/aromatic N) is 3. The van der Waals surface area contributed by atoms with E-state index in [1.54, 1.807) is 24.1 Å². The van der Waals surface area contributed by atoms with Crippen molar-refractivity contribution >= 4 is 35.2 Å². The first kappa shape index (κ1) is 31.2. The van der Waals surface area contributed by atoms with Crippen LogP contribution in [0.3, 0.4) is 0 Å². The summed E-state index contributed by atoms with van der Waals surface area (Å²) in [5, 5.41) is 15.8. The molecule has 0 aromatic heterocycles. The number of carboxylic acid groups (broad SMARTS) is 1. The Bertz CT molecular complexity index is 1010. The number of amides is 4. The summed E-state index contributed by atoms with van der Waals surface area (Å²) in [5.41, 5.74) is 1.18. The van der Waals surface area contributed by atoms with Crippen LogP contribution in [0.1, 0.15) is 33.1 Å². The lowest BCUT2D eigenvalue weighted by atomic mass is 9.91. The number of ether oxygens (including phenoxy) is 2. The second-order valence-electron chi connectivity index (χ2n) is 10.7. The Kier molecular flexibility index (Phi) is 12.0. The molecule has 3 N–H and O–H groups in total. The largest absolute Gasteiger partial charge is 0.465 e. The fourth-order valence-electron chi connectivity index (χ4n) is 5.11. The number of unbranched alkanes of at least 4 members (excludes halogenated alkanes) is 1. The number of anilines is 2. The van der Waals surface area contributed by atoms with Crippen molar-refractivity contribution in [2.75, 3.05) is 76.8 Å². The van der Waals surface area contributed by atoms with Gasteiger partial charge < -0.3 is 39.9 Å². The highest BCUT2D eigenvalue weighted by Crippen LogP contribution is 2.26. The Morgan fingerprint density at radius 1 is 1.07 bits per heavy atom. The molecule has 1 aromatic rings. The van der Waals surface area contributed by atoms with E-state index in [-0.39, 0.29) is 37.9 Å². The van der Waals surface area contributed by atoms with Crippen molar-refractivity contribution in [1.82, 2.24) is 14.7 Å². The smallest absolute Gasteiger partial charge is 0.407 e. The molecular weight excluding hydrogens is 518 g/mol. The number of methoxy groups -OCH3 is 1. The van der Waals surface area contributed by atoms with E-state index < -0.39 is 29.9 Å². The zero-order valence-corrected chi connectivity index (χ0v) is 23.8. The van der Waals surface area contributed by atoms with Crippen molar-refractivity contribution in [1.29, 1.82) is 0 Å². The molecule has 0 saturated carbocycles. The third-order valence-electron chi connectivity index (χ3n) is 7.09. The Labute approximate surface area is 235 Å². The molecule has 12 heteroatoms. The summed E-state index contributed by atoms with van der Waals surface area (Å²) in [7, 11) is 1.66. The van der Waals surface area contributed by atoms with Gasteiger partial charge in [-0.25, -0.2) is 4.79 Å². The van der Waals surface area contributed by atoms with E-state index in [9.17, 15) is 24.3 Å². The molecule has 0 aliphatic carbocycles. The van der Waals surface area contributed by atoms with Crippen LogP contribution in [0.25, 0.3) is 0 Å². The number of hydrogen-bond donors (Lipinski definition) is 3. The van der Waals surface area contributed by atoms with Crippen LogP contribution in [0.5, 0.6) is 0 Å². The number of carbonyl (C=O) groups excluding carboxylic acids is 3. The summed E-state index contributed by atoms with van der Waals surface area (Å²) >= 11 is 0. The van der Waals surface area contributed by atoms with Crippen molar-refractivity contribution in [3.8, 4) is 0 Å².